The maximum Gasteiger partial charge on any atom is 0.165 e. The summed E-state index contributed by atoms with van der Waals surface area (Å²) in [4.78, 5) is 7.66. The normalized spacial score (nSPS) is 13.0. The van der Waals surface area contributed by atoms with E-state index < -0.39 is 0 Å². The molecule has 0 aliphatic carbocycles. The number of nitrogens with zero attached hydrogens (tertiary/aromatic N) is 4. The number of hydrogen-bond donors (Lipinski definition) is 0. The van der Waals surface area contributed by atoms with Gasteiger partial charge in [-0.15, -0.1) is 12.4 Å². The van der Waals surface area contributed by atoms with E-state index in [2.05, 4.69) is 63.1 Å². The van der Waals surface area contributed by atoms with E-state index in [1.807, 2.05) is 0 Å². The van der Waals surface area contributed by atoms with Gasteiger partial charge in [0.15, 0.2) is 5.65 Å². The highest BCUT2D eigenvalue weighted by atomic mass is 35.5. The molecule has 4 nitrogen and oxygen atoms in total. The van der Waals surface area contributed by atoms with E-state index in [9.17, 15) is 0 Å². The van der Waals surface area contributed by atoms with Crippen LogP contribution >= 0.6 is 12.4 Å². The highest BCUT2D eigenvalue weighted by Gasteiger charge is 2.28. The SMILES string of the molecule is CCCCCCCCCN1CCc2c(C)nc3c(-c4c(C)cc(C)cc4C)c(C)nn3c21.Cl. The summed E-state index contributed by atoms with van der Waals surface area (Å²) < 4.78 is 2.15. The van der Waals surface area contributed by atoms with Crippen LogP contribution in [0.2, 0.25) is 0 Å². The van der Waals surface area contributed by atoms with Crippen molar-refractivity contribution in [2.24, 2.45) is 0 Å². The number of benzene rings is 1. The number of hydrogen-bond acceptors (Lipinski definition) is 3. The van der Waals surface area contributed by atoms with Crippen molar-refractivity contribution in [1.82, 2.24) is 14.6 Å². The van der Waals surface area contributed by atoms with Gasteiger partial charge in [0.2, 0.25) is 0 Å². The molecule has 1 aliphatic heterocycles. The lowest BCUT2D eigenvalue weighted by Gasteiger charge is -2.20. The van der Waals surface area contributed by atoms with E-state index in [1.165, 1.54) is 84.1 Å². The lowest BCUT2D eigenvalue weighted by Crippen LogP contribution is -2.24. The molecule has 3 aromatic rings. The molecule has 0 unspecified atom stereocenters. The molecule has 1 aromatic carbocycles. The molecule has 0 saturated carbocycles. The van der Waals surface area contributed by atoms with Crippen LogP contribution in [0.3, 0.4) is 0 Å². The highest BCUT2D eigenvalue weighted by Crippen LogP contribution is 2.38. The van der Waals surface area contributed by atoms with Gasteiger partial charge >= 0.3 is 0 Å². The first-order valence-corrected chi connectivity index (χ1v) is 12.6. The Bertz CT molecular complexity index is 1090. The standard InChI is InChI=1S/C28H40N4.ClH/c1-7-8-9-10-11-12-13-15-31-16-14-24-22(5)29-27-26(23(6)30-32(27)28(24)31)25-20(3)17-19(2)18-21(25)4;/h17-18H,7-16H2,1-6H3;1H. The summed E-state index contributed by atoms with van der Waals surface area (Å²) in [6, 6.07) is 4.55. The quantitative estimate of drug-likeness (QED) is 0.305. The number of halogens is 1. The van der Waals surface area contributed by atoms with Crippen molar-refractivity contribution in [3.8, 4) is 11.1 Å². The molecule has 0 spiro atoms. The molecule has 0 amide bonds. The number of unbranched alkanes of at least 4 members (excludes halogenated alkanes) is 6. The third-order valence-electron chi connectivity index (χ3n) is 7.11. The van der Waals surface area contributed by atoms with Crippen LogP contribution < -0.4 is 4.90 Å². The minimum Gasteiger partial charge on any atom is -0.356 e. The largest absolute Gasteiger partial charge is 0.356 e. The second-order valence-corrected chi connectivity index (χ2v) is 9.83. The lowest BCUT2D eigenvalue weighted by atomic mass is 9.94. The monoisotopic (exact) mass is 468 g/mol. The van der Waals surface area contributed by atoms with E-state index >= 15 is 0 Å². The third kappa shape index (κ3) is 5.06. The van der Waals surface area contributed by atoms with Crippen molar-refractivity contribution >= 4 is 23.9 Å². The fourth-order valence-corrected chi connectivity index (χ4v) is 5.60. The Morgan fingerprint density at radius 2 is 1.45 bits per heavy atom. The van der Waals surface area contributed by atoms with E-state index in [-0.39, 0.29) is 12.4 Å². The fourth-order valence-electron chi connectivity index (χ4n) is 5.60. The summed E-state index contributed by atoms with van der Waals surface area (Å²) in [5.41, 5.74) is 11.1. The Morgan fingerprint density at radius 1 is 0.818 bits per heavy atom. The van der Waals surface area contributed by atoms with Gasteiger partial charge in [0.05, 0.1) is 11.3 Å². The molecule has 33 heavy (non-hydrogen) atoms. The Balaban J connectivity index is 0.00000306. The molecule has 0 radical (unpaired) electrons. The second kappa shape index (κ2) is 10.9. The Morgan fingerprint density at radius 3 is 2.12 bits per heavy atom. The van der Waals surface area contributed by atoms with Crippen molar-refractivity contribution in [3.05, 3.63) is 45.8 Å². The summed E-state index contributed by atoms with van der Waals surface area (Å²) in [5, 5.41) is 5.05. The Kier molecular flexibility index (Phi) is 8.44. The molecule has 3 heterocycles. The van der Waals surface area contributed by atoms with Crippen molar-refractivity contribution < 1.29 is 0 Å². The first-order chi connectivity index (χ1) is 15.4. The summed E-state index contributed by atoms with van der Waals surface area (Å²) >= 11 is 0. The van der Waals surface area contributed by atoms with Crippen molar-refractivity contribution in [2.45, 2.75) is 92.9 Å². The van der Waals surface area contributed by atoms with Crippen LogP contribution in [-0.4, -0.2) is 27.7 Å². The molecule has 180 valence electrons. The Hall–Kier alpha value is -2.07. The van der Waals surface area contributed by atoms with Crippen LogP contribution in [0, 0.1) is 34.6 Å². The smallest absolute Gasteiger partial charge is 0.165 e. The zero-order chi connectivity index (χ0) is 22.8. The average Bonchev–Trinajstić information content (AvgIpc) is 3.29. The topological polar surface area (TPSA) is 33.4 Å². The first kappa shape index (κ1) is 25.6. The van der Waals surface area contributed by atoms with Crippen LogP contribution in [0.25, 0.3) is 16.8 Å². The summed E-state index contributed by atoms with van der Waals surface area (Å²) in [5.74, 6) is 1.29. The zero-order valence-electron chi connectivity index (χ0n) is 21.4. The van der Waals surface area contributed by atoms with E-state index in [1.54, 1.807) is 0 Å². The van der Waals surface area contributed by atoms with Gasteiger partial charge in [-0.05, 0) is 64.2 Å². The Labute approximate surface area is 206 Å². The third-order valence-corrected chi connectivity index (χ3v) is 7.11. The molecule has 0 bridgehead atoms. The van der Waals surface area contributed by atoms with Gasteiger partial charge in [-0.1, -0.05) is 63.1 Å². The maximum atomic E-state index is 5.10. The van der Waals surface area contributed by atoms with Gasteiger partial charge in [0.25, 0.3) is 0 Å². The molecule has 0 saturated heterocycles. The predicted molar refractivity (Wildman–Crippen MR) is 143 cm³/mol. The van der Waals surface area contributed by atoms with Crippen molar-refractivity contribution in [2.75, 3.05) is 18.0 Å². The first-order valence-electron chi connectivity index (χ1n) is 12.6. The molecule has 0 atom stereocenters. The highest BCUT2D eigenvalue weighted by molar-refractivity contribution is 5.86. The van der Waals surface area contributed by atoms with Crippen molar-refractivity contribution in [1.29, 1.82) is 0 Å². The molecule has 0 fully saturated rings. The molecule has 4 rings (SSSR count). The van der Waals surface area contributed by atoms with Gasteiger partial charge in [0.1, 0.15) is 5.82 Å². The van der Waals surface area contributed by atoms with Crippen LogP contribution in [0.5, 0.6) is 0 Å². The molecular formula is C28H41ClN4. The molecule has 5 heteroatoms. The average molecular weight is 469 g/mol. The van der Waals surface area contributed by atoms with Crippen LogP contribution in [-0.2, 0) is 6.42 Å². The minimum absolute atomic E-state index is 0. The van der Waals surface area contributed by atoms with Crippen LogP contribution in [0.4, 0.5) is 5.82 Å². The van der Waals surface area contributed by atoms with Gasteiger partial charge in [0, 0.05) is 24.3 Å². The fraction of sp³-hybridized carbons (Fsp3) is 0.571. The predicted octanol–water partition coefficient (Wildman–Crippen LogP) is 7.47. The lowest BCUT2D eigenvalue weighted by molar-refractivity contribution is 0.584. The number of aromatic nitrogens is 3. The molecule has 2 aromatic heterocycles. The minimum atomic E-state index is 0. The molecule has 1 aliphatic rings. The molecular weight excluding hydrogens is 428 g/mol. The van der Waals surface area contributed by atoms with Gasteiger partial charge in [-0.3, -0.25) is 0 Å². The van der Waals surface area contributed by atoms with Gasteiger partial charge < -0.3 is 4.90 Å². The summed E-state index contributed by atoms with van der Waals surface area (Å²) in [6.07, 6.45) is 10.5. The van der Waals surface area contributed by atoms with Crippen LogP contribution in [0.1, 0.15) is 85.5 Å². The van der Waals surface area contributed by atoms with Crippen LogP contribution in [0.15, 0.2) is 12.1 Å². The van der Waals surface area contributed by atoms with E-state index in [0.717, 1.165) is 36.5 Å². The zero-order valence-corrected chi connectivity index (χ0v) is 22.2. The number of aryl methyl sites for hydroxylation is 5. The van der Waals surface area contributed by atoms with Crippen molar-refractivity contribution in [3.63, 3.8) is 0 Å². The van der Waals surface area contributed by atoms with E-state index in [0.29, 0.717) is 0 Å². The number of anilines is 1. The van der Waals surface area contributed by atoms with Gasteiger partial charge in [-0.2, -0.15) is 9.61 Å². The summed E-state index contributed by atoms with van der Waals surface area (Å²) in [7, 11) is 0. The maximum absolute atomic E-state index is 5.10. The van der Waals surface area contributed by atoms with Gasteiger partial charge in [-0.25, -0.2) is 4.98 Å². The number of rotatable bonds is 9. The summed E-state index contributed by atoms with van der Waals surface area (Å²) in [6.45, 7) is 15.4. The number of fused-ring (bicyclic) bond motifs is 3. The molecule has 0 N–H and O–H groups in total. The van der Waals surface area contributed by atoms with E-state index in [4.69, 9.17) is 10.1 Å². The second-order valence-electron chi connectivity index (χ2n) is 9.83.